The minimum Gasteiger partial charge on any atom is -0.290 e. The van der Waals surface area contributed by atoms with Gasteiger partial charge in [-0.15, -0.1) is 0 Å². The van der Waals surface area contributed by atoms with Crippen LogP contribution in [0, 0.1) is 0 Å². The predicted molar refractivity (Wildman–Crippen MR) is 65.9 cm³/mol. The van der Waals surface area contributed by atoms with Crippen molar-refractivity contribution in [3.8, 4) is 0 Å². The van der Waals surface area contributed by atoms with Gasteiger partial charge in [0, 0.05) is 15.6 Å². The van der Waals surface area contributed by atoms with Crippen LogP contribution in [-0.4, -0.2) is 11.6 Å². The summed E-state index contributed by atoms with van der Waals surface area (Å²) >= 11 is 3.32. The Morgan fingerprint density at radius 2 is 1.56 bits per heavy atom. The molecule has 0 N–H and O–H groups in total. The predicted octanol–water partition coefficient (Wildman–Crippen LogP) is 2.93. The average Bonchev–Trinajstić information content (AvgIpc) is 2.25. The summed E-state index contributed by atoms with van der Waals surface area (Å²) in [7, 11) is 0. The summed E-state index contributed by atoms with van der Waals surface area (Å²) in [4.78, 5) is 23.2. The Morgan fingerprint density at radius 1 is 0.938 bits per heavy atom. The van der Waals surface area contributed by atoms with Crippen LogP contribution in [0.2, 0.25) is 0 Å². The van der Waals surface area contributed by atoms with E-state index in [9.17, 15) is 9.59 Å². The maximum absolute atomic E-state index is 11.7. The molecule has 1 aliphatic rings. The van der Waals surface area contributed by atoms with Gasteiger partial charge >= 0.3 is 0 Å². The molecule has 2 nitrogen and oxygen atoms in total. The van der Waals surface area contributed by atoms with Gasteiger partial charge in [-0.1, -0.05) is 28.1 Å². The zero-order chi connectivity index (χ0) is 11.7. The Bertz CT molecular complexity index is 521. The summed E-state index contributed by atoms with van der Waals surface area (Å²) in [6, 6.07) is 7.32. The molecule has 0 radical (unpaired) electrons. The molecule has 2 rings (SSSR count). The van der Waals surface area contributed by atoms with Gasteiger partial charge in [-0.25, -0.2) is 0 Å². The molecule has 0 bridgehead atoms. The van der Waals surface area contributed by atoms with E-state index >= 15 is 0 Å². The Balaban J connectivity index is 2.43. The van der Waals surface area contributed by atoms with Crippen LogP contribution in [-0.2, 0) is 9.59 Å². The SMILES string of the molecule is CC1=CC(=O)C(c2ccc(Br)cc2)=CC1=O. The topological polar surface area (TPSA) is 34.1 Å². The van der Waals surface area contributed by atoms with Crippen molar-refractivity contribution in [2.45, 2.75) is 6.92 Å². The third kappa shape index (κ3) is 2.04. The van der Waals surface area contributed by atoms with Gasteiger partial charge in [0.2, 0.25) is 0 Å². The van der Waals surface area contributed by atoms with Crippen molar-refractivity contribution in [3.63, 3.8) is 0 Å². The molecular weight excluding hydrogens is 268 g/mol. The van der Waals surface area contributed by atoms with Crippen molar-refractivity contribution in [1.29, 1.82) is 0 Å². The van der Waals surface area contributed by atoms with E-state index in [-0.39, 0.29) is 11.6 Å². The molecule has 16 heavy (non-hydrogen) atoms. The van der Waals surface area contributed by atoms with Gasteiger partial charge in [0.15, 0.2) is 11.6 Å². The first-order valence-electron chi connectivity index (χ1n) is 4.82. The number of carbonyl (C=O) groups is 2. The first kappa shape index (κ1) is 11.0. The fourth-order valence-electron chi connectivity index (χ4n) is 1.52. The molecule has 0 spiro atoms. The largest absolute Gasteiger partial charge is 0.290 e. The Hall–Kier alpha value is -1.48. The zero-order valence-corrected chi connectivity index (χ0v) is 10.2. The second-order valence-electron chi connectivity index (χ2n) is 3.62. The van der Waals surface area contributed by atoms with Crippen molar-refractivity contribution in [1.82, 2.24) is 0 Å². The molecule has 0 fully saturated rings. The number of ketones is 2. The highest BCUT2D eigenvalue weighted by atomic mass is 79.9. The maximum Gasteiger partial charge on any atom is 0.186 e. The van der Waals surface area contributed by atoms with E-state index in [2.05, 4.69) is 15.9 Å². The Labute approximate surface area is 102 Å². The highest BCUT2D eigenvalue weighted by Crippen LogP contribution is 2.23. The van der Waals surface area contributed by atoms with Gasteiger partial charge in [-0.05, 0) is 36.8 Å². The van der Waals surface area contributed by atoms with Crippen LogP contribution in [0.3, 0.4) is 0 Å². The minimum absolute atomic E-state index is 0.0995. The smallest absolute Gasteiger partial charge is 0.186 e. The summed E-state index contributed by atoms with van der Waals surface area (Å²) < 4.78 is 0.943. The molecule has 0 heterocycles. The quantitative estimate of drug-likeness (QED) is 0.739. The molecule has 0 unspecified atom stereocenters. The highest BCUT2D eigenvalue weighted by molar-refractivity contribution is 9.10. The lowest BCUT2D eigenvalue weighted by atomic mass is 9.93. The van der Waals surface area contributed by atoms with E-state index in [1.807, 2.05) is 24.3 Å². The third-order valence-corrected chi connectivity index (χ3v) is 2.96. The molecule has 0 saturated heterocycles. The van der Waals surface area contributed by atoms with Crippen LogP contribution in [0.1, 0.15) is 12.5 Å². The molecule has 1 aromatic rings. The fraction of sp³-hybridized carbons (Fsp3) is 0.0769. The van der Waals surface area contributed by atoms with E-state index < -0.39 is 0 Å². The van der Waals surface area contributed by atoms with Crippen molar-refractivity contribution in [3.05, 3.63) is 52.0 Å². The van der Waals surface area contributed by atoms with Crippen molar-refractivity contribution < 1.29 is 9.59 Å². The van der Waals surface area contributed by atoms with Gasteiger partial charge in [-0.3, -0.25) is 9.59 Å². The monoisotopic (exact) mass is 276 g/mol. The summed E-state index contributed by atoms with van der Waals surface area (Å²) in [5.41, 5.74) is 1.72. The van der Waals surface area contributed by atoms with E-state index in [4.69, 9.17) is 0 Å². The molecule has 1 aliphatic carbocycles. The van der Waals surface area contributed by atoms with Gasteiger partial charge in [0.05, 0.1) is 0 Å². The zero-order valence-electron chi connectivity index (χ0n) is 8.66. The second-order valence-corrected chi connectivity index (χ2v) is 4.54. The lowest BCUT2D eigenvalue weighted by molar-refractivity contribution is -0.114. The molecule has 80 valence electrons. The summed E-state index contributed by atoms with van der Waals surface area (Å²) in [5, 5.41) is 0. The van der Waals surface area contributed by atoms with E-state index in [0.29, 0.717) is 11.1 Å². The molecular formula is C13H9BrO2. The maximum atomic E-state index is 11.7. The van der Waals surface area contributed by atoms with Crippen LogP contribution < -0.4 is 0 Å². The fourth-order valence-corrected chi connectivity index (χ4v) is 1.78. The van der Waals surface area contributed by atoms with Crippen LogP contribution in [0.4, 0.5) is 0 Å². The lowest BCUT2D eigenvalue weighted by Crippen LogP contribution is -2.10. The first-order chi connectivity index (χ1) is 7.58. The van der Waals surface area contributed by atoms with Crippen molar-refractivity contribution >= 4 is 33.1 Å². The van der Waals surface area contributed by atoms with Crippen LogP contribution in [0.5, 0.6) is 0 Å². The number of hydrogen-bond donors (Lipinski definition) is 0. The minimum atomic E-state index is -0.112. The number of allylic oxidation sites excluding steroid dienone is 4. The standard InChI is InChI=1S/C13H9BrO2/c1-8-6-13(16)11(7-12(8)15)9-2-4-10(14)5-3-9/h2-7H,1H3. The third-order valence-electron chi connectivity index (χ3n) is 2.43. The highest BCUT2D eigenvalue weighted by Gasteiger charge is 2.18. The summed E-state index contributed by atoms with van der Waals surface area (Å²) in [5.74, 6) is -0.211. The van der Waals surface area contributed by atoms with Crippen LogP contribution in [0.15, 0.2) is 46.5 Å². The second kappa shape index (κ2) is 4.18. The van der Waals surface area contributed by atoms with Crippen molar-refractivity contribution in [2.75, 3.05) is 0 Å². The van der Waals surface area contributed by atoms with Crippen molar-refractivity contribution in [2.24, 2.45) is 0 Å². The van der Waals surface area contributed by atoms with E-state index in [0.717, 1.165) is 10.0 Å². The summed E-state index contributed by atoms with van der Waals surface area (Å²) in [6.45, 7) is 1.65. The normalized spacial score (nSPS) is 15.9. The average molecular weight is 277 g/mol. The molecule has 3 heteroatoms. The van der Waals surface area contributed by atoms with E-state index in [1.165, 1.54) is 12.2 Å². The number of hydrogen-bond acceptors (Lipinski definition) is 2. The molecule has 0 aliphatic heterocycles. The molecule has 0 atom stereocenters. The number of rotatable bonds is 1. The van der Waals surface area contributed by atoms with E-state index in [1.54, 1.807) is 6.92 Å². The molecule has 0 aromatic heterocycles. The Morgan fingerprint density at radius 3 is 2.19 bits per heavy atom. The van der Waals surface area contributed by atoms with Gasteiger partial charge in [-0.2, -0.15) is 0 Å². The van der Waals surface area contributed by atoms with Gasteiger partial charge in [0.1, 0.15) is 0 Å². The summed E-state index contributed by atoms with van der Waals surface area (Å²) in [6.07, 6.45) is 2.79. The molecule has 1 aromatic carbocycles. The lowest BCUT2D eigenvalue weighted by Gasteiger charge is -2.09. The molecule has 0 saturated carbocycles. The molecule has 0 amide bonds. The number of halogens is 1. The van der Waals surface area contributed by atoms with Crippen LogP contribution >= 0.6 is 15.9 Å². The van der Waals surface area contributed by atoms with Crippen LogP contribution in [0.25, 0.3) is 5.57 Å². The van der Waals surface area contributed by atoms with Gasteiger partial charge < -0.3 is 0 Å². The van der Waals surface area contributed by atoms with Gasteiger partial charge in [0.25, 0.3) is 0 Å². The first-order valence-corrected chi connectivity index (χ1v) is 5.62. The Kier molecular flexibility index (Phi) is 2.88. The number of carbonyl (C=O) groups excluding carboxylic acids is 2. The number of benzene rings is 1.